The molecule has 0 radical (unpaired) electrons. The van der Waals surface area contributed by atoms with E-state index in [0.29, 0.717) is 0 Å². The average Bonchev–Trinajstić information content (AvgIpc) is 2.75. The van der Waals surface area contributed by atoms with Crippen LogP contribution in [0.3, 0.4) is 0 Å². The summed E-state index contributed by atoms with van der Waals surface area (Å²) in [6, 6.07) is -0.264. The van der Waals surface area contributed by atoms with Gasteiger partial charge in [0.25, 0.3) is 0 Å². The molecule has 0 saturated heterocycles. The van der Waals surface area contributed by atoms with E-state index >= 15 is 0 Å². The van der Waals surface area contributed by atoms with Crippen LogP contribution in [-0.4, -0.2) is 59.9 Å². The Bertz CT molecular complexity index is 360. The van der Waals surface area contributed by atoms with Crippen LogP contribution in [0, 0.1) is 0 Å². The Morgan fingerprint density at radius 2 is 1.07 bits per heavy atom. The van der Waals surface area contributed by atoms with Gasteiger partial charge in [-0.05, 0) is 19.9 Å². The van der Waals surface area contributed by atoms with Crippen molar-refractivity contribution < 1.29 is 15.0 Å². The lowest BCUT2D eigenvalue weighted by Crippen LogP contribution is -2.47. The molecule has 0 fully saturated rings. The second kappa shape index (κ2) is 23.0. The van der Waals surface area contributed by atoms with Gasteiger partial charge in [-0.15, -0.1) is 0 Å². The van der Waals surface area contributed by atoms with E-state index in [1.54, 1.807) is 0 Å². The molecule has 180 valence electrons. The Labute approximate surface area is 187 Å². The molecule has 5 nitrogen and oxygen atoms in total. The number of carbonyl (C=O) groups is 1. The molecular weight excluding hydrogens is 376 g/mol. The van der Waals surface area contributed by atoms with Gasteiger partial charge in [0.15, 0.2) is 0 Å². The van der Waals surface area contributed by atoms with Gasteiger partial charge < -0.3 is 20.4 Å². The molecule has 0 spiro atoms. The standard InChI is InChI=1S/C25H52N2O3/c1-3-4-5-6-7-8-9-10-11-12-13-14-15-16-17-18-19-26-24(2)25(30)27(20-22-28)21-23-29/h24,26,28-29H,3-23H2,1-2H3. The maximum absolute atomic E-state index is 12.3. The predicted molar refractivity (Wildman–Crippen MR) is 128 cm³/mol. The van der Waals surface area contributed by atoms with Crippen LogP contribution >= 0.6 is 0 Å². The summed E-state index contributed by atoms with van der Waals surface area (Å²) < 4.78 is 0. The van der Waals surface area contributed by atoms with Crippen LogP contribution in [-0.2, 0) is 4.79 Å². The van der Waals surface area contributed by atoms with Crippen molar-refractivity contribution in [1.29, 1.82) is 0 Å². The van der Waals surface area contributed by atoms with Crippen molar-refractivity contribution in [2.24, 2.45) is 0 Å². The summed E-state index contributed by atoms with van der Waals surface area (Å²) in [4.78, 5) is 13.8. The largest absolute Gasteiger partial charge is 0.395 e. The highest BCUT2D eigenvalue weighted by molar-refractivity contribution is 5.81. The number of unbranched alkanes of at least 4 members (excludes halogenated alkanes) is 15. The number of aliphatic hydroxyl groups is 2. The molecule has 0 aromatic heterocycles. The van der Waals surface area contributed by atoms with E-state index in [1.807, 2.05) is 6.92 Å². The Hall–Kier alpha value is -0.650. The van der Waals surface area contributed by atoms with Gasteiger partial charge in [-0.2, -0.15) is 0 Å². The molecule has 3 N–H and O–H groups in total. The van der Waals surface area contributed by atoms with Crippen molar-refractivity contribution >= 4 is 5.91 Å². The SMILES string of the molecule is CCCCCCCCCCCCCCCCCCNC(C)C(=O)N(CCO)CCO. The molecule has 0 aromatic rings. The number of nitrogens with zero attached hydrogens (tertiary/aromatic N) is 1. The summed E-state index contributed by atoms with van der Waals surface area (Å²) in [5, 5.41) is 21.3. The van der Waals surface area contributed by atoms with Crippen LogP contribution in [0.25, 0.3) is 0 Å². The third-order valence-electron chi connectivity index (χ3n) is 5.90. The van der Waals surface area contributed by atoms with Crippen molar-refractivity contribution in [1.82, 2.24) is 10.2 Å². The first-order chi connectivity index (χ1) is 14.7. The fourth-order valence-corrected chi connectivity index (χ4v) is 3.93. The molecule has 0 heterocycles. The Morgan fingerprint density at radius 3 is 1.43 bits per heavy atom. The van der Waals surface area contributed by atoms with E-state index in [1.165, 1.54) is 101 Å². The lowest BCUT2D eigenvalue weighted by atomic mass is 10.0. The molecule has 0 aliphatic carbocycles. The van der Waals surface area contributed by atoms with Crippen LogP contribution in [0.15, 0.2) is 0 Å². The summed E-state index contributed by atoms with van der Waals surface area (Å²) in [7, 11) is 0. The van der Waals surface area contributed by atoms with Gasteiger partial charge in [0.05, 0.1) is 19.3 Å². The van der Waals surface area contributed by atoms with Gasteiger partial charge in [-0.1, -0.05) is 103 Å². The minimum Gasteiger partial charge on any atom is -0.395 e. The van der Waals surface area contributed by atoms with Crippen molar-refractivity contribution in [3.8, 4) is 0 Å². The molecule has 1 unspecified atom stereocenters. The summed E-state index contributed by atoms with van der Waals surface area (Å²) in [5.74, 6) is -0.0467. The zero-order valence-electron chi connectivity index (χ0n) is 20.2. The van der Waals surface area contributed by atoms with E-state index in [2.05, 4.69) is 12.2 Å². The van der Waals surface area contributed by atoms with Crippen molar-refractivity contribution in [2.45, 2.75) is 123 Å². The fourth-order valence-electron chi connectivity index (χ4n) is 3.93. The number of hydrogen-bond donors (Lipinski definition) is 3. The summed E-state index contributed by atoms with van der Waals surface area (Å²) >= 11 is 0. The van der Waals surface area contributed by atoms with Gasteiger partial charge in [0, 0.05) is 13.1 Å². The molecule has 0 saturated carbocycles. The second-order valence-electron chi connectivity index (χ2n) is 8.75. The first kappa shape index (κ1) is 29.4. The third-order valence-corrected chi connectivity index (χ3v) is 5.90. The molecular formula is C25H52N2O3. The number of aliphatic hydroxyl groups excluding tert-OH is 2. The number of hydrogen-bond acceptors (Lipinski definition) is 4. The molecule has 0 aliphatic heterocycles. The van der Waals surface area contributed by atoms with Crippen molar-refractivity contribution in [3.63, 3.8) is 0 Å². The first-order valence-corrected chi connectivity index (χ1v) is 12.9. The molecule has 1 atom stereocenters. The molecule has 30 heavy (non-hydrogen) atoms. The molecule has 0 aromatic carbocycles. The van der Waals surface area contributed by atoms with Crippen LogP contribution in [0.2, 0.25) is 0 Å². The topological polar surface area (TPSA) is 72.8 Å². The maximum atomic E-state index is 12.3. The van der Waals surface area contributed by atoms with Crippen LogP contribution < -0.4 is 5.32 Å². The minimum absolute atomic E-state index is 0.0467. The van der Waals surface area contributed by atoms with E-state index < -0.39 is 0 Å². The summed E-state index contributed by atoms with van der Waals surface area (Å²) in [5.41, 5.74) is 0. The fraction of sp³-hybridized carbons (Fsp3) is 0.960. The lowest BCUT2D eigenvalue weighted by Gasteiger charge is -2.24. The van der Waals surface area contributed by atoms with Crippen molar-refractivity contribution in [3.05, 3.63) is 0 Å². The van der Waals surface area contributed by atoms with Crippen molar-refractivity contribution in [2.75, 3.05) is 32.8 Å². The van der Waals surface area contributed by atoms with Crippen LogP contribution in [0.1, 0.15) is 117 Å². The quantitative estimate of drug-likeness (QED) is 0.199. The highest BCUT2D eigenvalue weighted by Gasteiger charge is 2.18. The summed E-state index contributed by atoms with van der Waals surface area (Å²) in [6.45, 7) is 5.40. The van der Waals surface area contributed by atoms with E-state index in [0.717, 1.165) is 13.0 Å². The molecule has 0 aliphatic rings. The monoisotopic (exact) mass is 428 g/mol. The average molecular weight is 429 g/mol. The highest BCUT2D eigenvalue weighted by Crippen LogP contribution is 2.13. The van der Waals surface area contributed by atoms with Crippen LogP contribution in [0.4, 0.5) is 0 Å². The second-order valence-corrected chi connectivity index (χ2v) is 8.75. The normalized spacial score (nSPS) is 12.3. The van der Waals surface area contributed by atoms with Gasteiger partial charge in [0.1, 0.15) is 0 Å². The smallest absolute Gasteiger partial charge is 0.239 e. The van der Waals surface area contributed by atoms with Gasteiger partial charge in [0.2, 0.25) is 5.91 Å². The molecule has 1 amide bonds. The Balaban J connectivity index is 3.38. The zero-order chi connectivity index (χ0) is 22.3. The number of amides is 1. The number of rotatable bonds is 23. The lowest BCUT2D eigenvalue weighted by molar-refractivity contribution is -0.134. The molecule has 0 bridgehead atoms. The predicted octanol–water partition coefficient (Wildman–Crippen LogP) is 5.04. The Morgan fingerprint density at radius 1 is 0.700 bits per heavy atom. The number of carbonyl (C=O) groups excluding carboxylic acids is 1. The zero-order valence-corrected chi connectivity index (χ0v) is 20.2. The van der Waals surface area contributed by atoms with E-state index in [-0.39, 0.29) is 38.3 Å². The Kier molecular flexibility index (Phi) is 22.5. The minimum atomic E-state index is -0.264. The van der Waals surface area contributed by atoms with Gasteiger partial charge in [-0.3, -0.25) is 4.79 Å². The summed E-state index contributed by atoms with van der Waals surface area (Å²) in [6.07, 6.45) is 21.8. The van der Waals surface area contributed by atoms with E-state index in [9.17, 15) is 4.79 Å². The van der Waals surface area contributed by atoms with Crippen LogP contribution in [0.5, 0.6) is 0 Å². The van der Waals surface area contributed by atoms with Gasteiger partial charge in [-0.25, -0.2) is 0 Å². The maximum Gasteiger partial charge on any atom is 0.239 e. The number of nitrogens with one attached hydrogen (secondary N) is 1. The molecule has 0 rings (SSSR count). The molecule has 5 heteroatoms. The highest BCUT2D eigenvalue weighted by atomic mass is 16.3. The first-order valence-electron chi connectivity index (χ1n) is 12.9. The third kappa shape index (κ3) is 18.1. The van der Waals surface area contributed by atoms with E-state index in [4.69, 9.17) is 10.2 Å². The van der Waals surface area contributed by atoms with Gasteiger partial charge >= 0.3 is 0 Å².